The molecule has 1 aliphatic heterocycles. The number of hydrogen-bond donors (Lipinski definition) is 3. The van der Waals surface area contributed by atoms with E-state index in [0.717, 1.165) is 43.3 Å². The molecule has 1 unspecified atom stereocenters. The molecule has 1 amide bonds. The van der Waals surface area contributed by atoms with Gasteiger partial charge in [0.2, 0.25) is 15.9 Å². The highest BCUT2D eigenvalue weighted by molar-refractivity contribution is 7.91. The number of carbonyl (C=O) groups is 1. The predicted octanol–water partition coefficient (Wildman–Crippen LogP) is 0.888. The van der Waals surface area contributed by atoms with Crippen molar-refractivity contribution in [3.05, 3.63) is 17.0 Å². The summed E-state index contributed by atoms with van der Waals surface area (Å²) in [4.78, 5) is 18.8. The molecule has 0 aliphatic carbocycles. The molecule has 1 aromatic rings. The highest BCUT2D eigenvalue weighted by Gasteiger charge is 2.23. The molecule has 1 atom stereocenters. The summed E-state index contributed by atoms with van der Waals surface area (Å²) >= 11 is 1.25. The van der Waals surface area contributed by atoms with E-state index < -0.39 is 10.0 Å². The van der Waals surface area contributed by atoms with Crippen LogP contribution in [0.25, 0.3) is 0 Å². The predicted molar refractivity (Wildman–Crippen MR) is 108 cm³/mol. The molecular weight excluding hydrogens is 386 g/mol. The minimum atomic E-state index is -3.48. The van der Waals surface area contributed by atoms with E-state index >= 15 is 0 Å². The topological polar surface area (TPSA) is 117 Å². The van der Waals surface area contributed by atoms with Gasteiger partial charge in [0.1, 0.15) is 4.21 Å². The zero-order valence-electron chi connectivity index (χ0n) is 15.9. The van der Waals surface area contributed by atoms with Gasteiger partial charge in [-0.25, -0.2) is 13.1 Å². The highest BCUT2D eigenvalue weighted by Crippen LogP contribution is 2.20. The number of rotatable bonds is 8. The molecule has 152 valence electrons. The Morgan fingerprint density at radius 3 is 2.85 bits per heavy atom. The van der Waals surface area contributed by atoms with Crippen LogP contribution in [0.2, 0.25) is 0 Å². The van der Waals surface area contributed by atoms with Gasteiger partial charge in [-0.2, -0.15) is 0 Å². The lowest BCUT2D eigenvalue weighted by Crippen LogP contribution is -2.47. The van der Waals surface area contributed by atoms with E-state index in [4.69, 9.17) is 5.73 Å². The number of nitrogens with one attached hydrogen (secondary N) is 2. The van der Waals surface area contributed by atoms with E-state index in [2.05, 4.69) is 19.9 Å². The van der Waals surface area contributed by atoms with Crippen molar-refractivity contribution >= 4 is 33.2 Å². The van der Waals surface area contributed by atoms with Gasteiger partial charge < -0.3 is 16.0 Å². The first-order chi connectivity index (χ1) is 12.8. The van der Waals surface area contributed by atoms with Crippen molar-refractivity contribution in [2.24, 2.45) is 16.6 Å². The smallest absolute Gasteiger partial charge is 0.250 e. The van der Waals surface area contributed by atoms with Crippen molar-refractivity contribution in [3.8, 4) is 0 Å². The van der Waals surface area contributed by atoms with Crippen LogP contribution >= 0.6 is 11.3 Å². The standard InChI is InChI=1S/C17H29N5O3S2/c1-3-19-17(22-10-4-5-14(12-22)11-15(18)23)20-8-9-21-27(24,25)16-7-6-13(2)26-16/h6-7,14,21H,3-5,8-12H2,1-2H3,(H2,18,23)(H,19,20). The first kappa shape index (κ1) is 21.6. The largest absolute Gasteiger partial charge is 0.370 e. The third-order valence-corrected chi connectivity index (χ3v) is 7.24. The molecule has 1 fully saturated rings. The number of piperidine rings is 1. The Morgan fingerprint density at radius 2 is 2.22 bits per heavy atom. The Morgan fingerprint density at radius 1 is 1.44 bits per heavy atom. The van der Waals surface area contributed by atoms with Gasteiger partial charge in [0.25, 0.3) is 0 Å². The Labute approximate surface area is 165 Å². The van der Waals surface area contributed by atoms with Crippen LogP contribution in [0.15, 0.2) is 21.3 Å². The second-order valence-corrected chi connectivity index (χ2v) is 9.90. The van der Waals surface area contributed by atoms with E-state index in [1.807, 2.05) is 13.8 Å². The summed E-state index contributed by atoms with van der Waals surface area (Å²) in [5, 5.41) is 3.24. The lowest BCUT2D eigenvalue weighted by molar-refractivity contribution is -0.119. The minimum Gasteiger partial charge on any atom is -0.370 e. The van der Waals surface area contributed by atoms with Crippen LogP contribution in [0.3, 0.4) is 0 Å². The number of nitrogens with zero attached hydrogens (tertiary/aromatic N) is 2. The number of likely N-dealkylation sites (tertiary alicyclic amines) is 1. The number of sulfonamides is 1. The van der Waals surface area contributed by atoms with Gasteiger partial charge in [0, 0.05) is 37.5 Å². The lowest BCUT2D eigenvalue weighted by atomic mass is 9.95. The normalized spacial score (nSPS) is 18.5. The molecule has 10 heteroatoms. The third kappa shape index (κ3) is 6.78. The molecule has 0 bridgehead atoms. The highest BCUT2D eigenvalue weighted by atomic mass is 32.2. The number of thiophene rings is 1. The molecule has 2 heterocycles. The van der Waals surface area contributed by atoms with Crippen LogP contribution in [0.5, 0.6) is 0 Å². The number of aryl methyl sites for hydroxylation is 1. The fourth-order valence-corrected chi connectivity index (χ4v) is 5.45. The molecule has 0 radical (unpaired) electrons. The summed E-state index contributed by atoms with van der Waals surface area (Å²) in [6, 6.07) is 3.40. The molecule has 1 aliphatic rings. The molecular formula is C17H29N5O3S2. The number of carbonyl (C=O) groups excluding carboxylic acids is 1. The van der Waals surface area contributed by atoms with Crippen molar-refractivity contribution in [2.75, 3.05) is 32.7 Å². The summed E-state index contributed by atoms with van der Waals surface area (Å²) in [7, 11) is -3.48. The maximum absolute atomic E-state index is 12.2. The summed E-state index contributed by atoms with van der Waals surface area (Å²) in [6.07, 6.45) is 2.35. The maximum atomic E-state index is 12.2. The van der Waals surface area contributed by atoms with E-state index in [0.29, 0.717) is 17.2 Å². The number of hydrogen-bond acceptors (Lipinski definition) is 5. The molecule has 1 saturated heterocycles. The second kappa shape index (κ2) is 10.0. The van der Waals surface area contributed by atoms with Crippen LogP contribution in [-0.4, -0.2) is 57.9 Å². The molecule has 27 heavy (non-hydrogen) atoms. The minimum absolute atomic E-state index is 0.229. The van der Waals surface area contributed by atoms with E-state index in [1.165, 1.54) is 11.3 Å². The first-order valence-electron chi connectivity index (χ1n) is 9.19. The van der Waals surface area contributed by atoms with Gasteiger partial charge in [-0.1, -0.05) is 0 Å². The monoisotopic (exact) mass is 415 g/mol. The number of aliphatic imine (C=N–C) groups is 1. The molecule has 2 rings (SSSR count). The molecule has 1 aromatic heterocycles. The Kier molecular flexibility index (Phi) is 8.06. The molecule has 0 saturated carbocycles. The Bertz CT molecular complexity index is 760. The lowest BCUT2D eigenvalue weighted by Gasteiger charge is -2.34. The number of amides is 1. The van der Waals surface area contributed by atoms with Crippen molar-refractivity contribution in [2.45, 2.75) is 37.3 Å². The van der Waals surface area contributed by atoms with Gasteiger partial charge in [-0.05, 0) is 44.7 Å². The van der Waals surface area contributed by atoms with Crippen LogP contribution in [0.4, 0.5) is 0 Å². The number of guanidine groups is 1. The van der Waals surface area contributed by atoms with Crippen LogP contribution in [-0.2, 0) is 14.8 Å². The summed E-state index contributed by atoms with van der Waals surface area (Å²) < 4.78 is 27.4. The van der Waals surface area contributed by atoms with Crippen LogP contribution < -0.4 is 15.8 Å². The zero-order valence-corrected chi connectivity index (χ0v) is 17.5. The number of nitrogens with two attached hydrogens (primary N) is 1. The van der Waals surface area contributed by atoms with Crippen molar-refractivity contribution in [1.82, 2.24) is 14.9 Å². The van der Waals surface area contributed by atoms with Crippen molar-refractivity contribution in [1.29, 1.82) is 0 Å². The summed E-state index contributed by atoms with van der Waals surface area (Å²) in [5.74, 6) is 0.709. The van der Waals surface area contributed by atoms with Gasteiger partial charge in [-0.3, -0.25) is 9.79 Å². The number of primary amides is 1. The fourth-order valence-electron chi connectivity index (χ4n) is 3.10. The van der Waals surface area contributed by atoms with E-state index in [1.54, 1.807) is 12.1 Å². The van der Waals surface area contributed by atoms with Gasteiger partial charge in [-0.15, -0.1) is 11.3 Å². The van der Waals surface area contributed by atoms with Gasteiger partial charge in [0.15, 0.2) is 5.96 Å². The van der Waals surface area contributed by atoms with Crippen molar-refractivity contribution in [3.63, 3.8) is 0 Å². The van der Waals surface area contributed by atoms with Gasteiger partial charge >= 0.3 is 0 Å². The van der Waals surface area contributed by atoms with E-state index in [9.17, 15) is 13.2 Å². The molecule has 0 aromatic carbocycles. The van der Waals surface area contributed by atoms with Crippen LogP contribution in [0.1, 0.15) is 31.1 Å². The van der Waals surface area contributed by atoms with Gasteiger partial charge in [0.05, 0.1) is 6.54 Å². The molecule has 8 nitrogen and oxygen atoms in total. The SMILES string of the molecule is CCNC(=NCCNS(=O)(=O)c1ccc(C)s1)N1CCCC(CC(N)=O)C1. The summed E-state index contributed by atoms with van der Waals surface area (Å²) in [6.45, 7) is 6.74. The van der Waals surface area contributed by atoms with E-state index in [-0.39, 0.29) is 18.4 Å². The quantitative estimate of drug-likeness (QED) is 0.331. The Hall–Kier alpha value is -1.65. The van der Waals surface area contributed by atoms with Crippen LogP contribution in [0, 0.1) is 12.8 Å². The molecule has 0 spiro atoms. The average molecular weight is 416 g/mol. The fraction of sp³-hybridized carbons (Fsp3) is 0.647. The molecule has 4 N–H and O–H groups in total. The summed E-state index contributed by atoms with van der Waals surface area (Å²) in [5.41, 5.74) is 5.32. The zero-order chi connectivity index (χ0) is 19.9. The first-order valence-corrected chi connectivity index (χ1v) is 11.5. The average Bonchev–Trinajstić information content (AvgIpc) is 3.05. The van der Waals surface area contributed by atoms with Crippen molar-refractivity contribution < 1.29 is 13.2 Å². The Balaban J connectivity index is 1.92. The second-order valence-electron chi connectivity index (χ2n) is 6.62. The maximum Gasteiger partial charge on any atom is 0.250 e. The third-order valence-electron chi connectivity index (χ3n) is 4.29.